The van der Waals surface area contributed by atoms with Gasteiger partial charge < -0.3 is 10.2 Å². The second kappa shape index (κ2) is 10.3. The van der Waals surface area contributed by atoms with Crippen LogP contribution in [0.4, 0.5) is 0 Å². The Morgan fingerprint density at radius 2 is 1.00 bits per heavy atom. The van der Waals surface area contributed by atoms with E-state index in [2.05, 4.69) is 37.2 Å². The number of aryl methyl sites for hydroxylation is 5. The highest BCUT2D eigenvalue weighted by molar-refractivity contribution is 15.0. The summed E-state index contributed by atoms with van der Waals surface area (Å²) in [6.07, 6.45) is 0. The van der Waals surface area contributed by atoms with E-state index < -0.39 is 0 Å². The van der Waals surface area contributed by atoms with Gasteiger partial charge in [-0.3, -0.25) is 0 Å². The zero-order valence-electron chi connectivity index (χ0n) is 13.0. The van der Waals surface area contributed by atoms with Crippen molar-refractivity contribution in [1.29, 1.82) is 0 Å². The molecule has 0 radical (unpaired) electrons. The Balaban J connectivity index is 0.000000342. The third-order valence-electron chi connectivity index (χ3n) is 3.07. The molecule has 0 aromatic heterocycles. The van der Waals surface area contributed by atoms with Crippen molar-refractivity contribution < 1.29 is 10.2 Å². The van der Waals surface area contributed by atoms with Crippen LogP contribution in [0.1, 0.15) is 27.8 Å². The highest BCUT2D eigenvalue weighted by atomic mass is 128. The first-order valence-corrected chi connectivity index (χ1v) is 12.8. The maximum absolute atomic E-state index is 9.33. The van der Waals surface area contributed by atoms with E-state index in [4.69, 9.17) is 0 Å². The summed E-state index contributed by atoms with van der Waals surface area (Å²) >= 11 is 4.24. The van der Waals surface area contributed by atoms with E-state index in [1.54, 1.807) is 0 Å². The molecular formula is C17H22I2O2. The molecule has 0 heterocycles. The zero-order valence-corrected chi connectivity index (χ0v) is 17.4. The Labute approximate surface area is 150 Å². The van der Waals surface area contributed by atoms with Gasteiger partial charge in [0.25, 0.3) is 0 Å². The largest absolute Gasteiger partial charge is 0.507 e. The molecular weight excluding hydrogens is 490 g/mol. The van der Waals surface area contributed by atoms with Gasteiger partial charge in [-0.15, -0.1) is 0 Å². The molecule has 0 bridgehead atoms. The third kappa shape index (κ3) is 6.86. The van der Waals surface area contributed by atoms with E-state index in [9.17, 15) is 10.2 Å². The minimum Gasteiger partial charge on any atom is -0.507 e. The highest BCUT2D eigenvalue weighted by Gasteiger charge is 1.99. The number of aromatic hydroxyl groups is 2. The van der Waals surface area contributed by atoms with Gasteiger partial charge in [0, 0.05) is 37.2 Å². The molecule has 2 aromatic carbocycles. The maximum atomic E-state index is 9.33. The van der Waals surface area contributed by atoms with Gasteiger partial charge in [0.05, 0.1) is 0 Å². The Kier molecular flexibility index (Phi) is 10.0. The van der Waals surface area contributed by atoms with Crippen molar-refractivity contribution in [2.24, 2.45) is 0 Å². The summed E-state index contributed by atoms with van der Waals surface area (Å²) in [5.74, 6) is 0.836. The summed E-state index contributed by atoms with van der Waals surface area (Å²) in [4.78, 5) is 0. The lowest BCUT2D eigenvalue weighted by Crippen LogP contribution is -1.81. The molecule has 0 unspecified atom stereocenters. The standard InChI is InChI=1S/C9H12O.C8H10O.I2/c1-6-4-7(2)9(10)8(3)5-6;1-6-4-3-5-7(2)8(6)9;1-2/h4-5,10H,1-3H3;3-5,9H,1-2H3;. The first-order chi connectivity index (χ1) is 9.82. The second-order valence-corrected chi connectivity index (χ2v) is 4.99. The number of halogens is 2. The van der Waals surface area contributed by atoms with Gasteiger partial charge in [0.15, 0.2) is 0 Å². The average Bonchev–Trinajstić information content (AvgIpc) is 2.45. The van der Waals surface area contributed by atoms with Gasteiger partial charge in [0.1, 0.15) is 11.5 Å². The average molecular weight is 512 g/mol. The molecule has 4 heteroatoms. The van der Waals surface area contributed by atoms with Crippen LogP contribution in [0.25, 0.3) is 0 Å². The van der Waals surface area contributed by atoms with Crippen molar-refractivity contribution in [3.05, 3.63) is 58.1 Å². The number of para-hydroxylation sites is 1. The second-order valence-electron chi connectivity index (χ2n) is 4.99. The van der Waals surface area contributed by atoms with Crippen molar-refractivity contribution in [3.63, 3.8) is 0 Å². The van der Waals surface area contributed by atoms with Crippen LogP contribution in [0.15, 0.2) is 30.3 Å². The number of benzene rings is 2. The van der Waals surface area contributed by atoms with Crippen molar-refractivity contribution in [3.8, 4) is 11.5 Å². The summed E-state index contributed by atoms with van der Waals surface area (Å²) in [6, 6.07) is 9.67. The van der Waals surface area contributed by atoms with Crippen molar-refractivity contribution in [2.45, 2.75) is 34.6 Å². The van der Waals surface area contributed by atoms with Crippen LogP contribution in [0, 0.1) is 34.6 Å². The molecule has 2 rings (SSSR count). The van der Waals surface area contributed by atoms with E-state index in [0.717, 1.165) is 22.3 Å². The van der Waals surface area contributed by atoms with Gasteiger partial charge in [-0.05, 0) is 56.9 Å². The van der Waals surface area contributed by atoms with Gasteiger partial charge in [0.2, 0.25) is 0 Å². The Morgan fingerprint density at radius 3 is 1.33 bits per heavy atom. The van der Waals surface area contributed by atoms with Crippen LogP contribution in [-0.2, 0) is 0 Å². The fraction of sp³-hybridized carbons (Fsp3) is 0.294. The predicted molar refractivity (Wildman–Crippen MR) is 108 cm³/mol. The molecule has 0 spiro atoms. The SMILES string of the molecule is Cc1cc(C)c(O)c(C)c1.Cc1cccc(C)c1O.II. The molecule has 0 amide bonds. The van der Waals surface area contributed by atoms with Crippen LogP contribution in [0.5, 0.6) is 11.5 Å². The summed E-state index contributed by atoms with van der Waals surface area (Å²) in [7, 11) is 0. The van der Waals surface area contributed by atoms with Gasteiger partial charge in [-0.25, -0.2) is 0 Å². The lowest BCUT2D eigenvalue weighted by molar-refractivity contribution is 0.466. The molecule has 0 saturated heterocycles. The molecule has 0 aliphatic rings. The topological polar surface area (TPSA) is 40.5 Å². The van der Waals surface area contributed by atoms with Gasteiger partial charge in [-0.2, -0.15) is 0 Å². The van der Waals surface area contributed by atoms with Crippen molar-refractivity contribution >= 4 is 37.2 Å². The third-order valence-corrected chi connectivity index (χ3v) is 3.07. The van der Waals surface area contributed by atoms with E-state index in [0.29, 0.717) is 11.5 Å². The quantitative estimate of drug-likeness (QED) is 0.420. The van der Waals surface area contributed by atoms with Crippen LogP contribution in [-0.4, -0.2) is 10.2 Å². The van der Waals surface area contributed by atoms with Crippen LogP contribution >= 0.6 is 37.2 Å². The lowest BCUT2D eigenvalue weighted by Gasteiger charge is -2.03. The first kappa shape index (κ1) is 20.5. The molecule has 21 heavy (non-hydrogen) atoms. The smallest absolute Gasteiger partial charge is 0.121 e. The first-order valence-electron chi connectivity index (χ1n) is 6.49. The molecule has 0 aliphatic carbocycles. The Hall–Kier alpha value is -0.500. The fourth-order valence-electron chi connectivity index (χ4n) is 1.98. The minimum absolute atomic E-state index is 0.414. The number of hydrogen-bond donors (Lipinski definition) is 2. The van der Waals surface area contributed by atoms with Crippen LogP contribution < -0.4 is 0 Å². The summed E-state index contributed by atoms with van der Waals surface area (Å²) in [5.41, 5.74) is 4.99. The minimum atomic E-state index is 0.414. The zero-order chi connectivity index (χ0) is 16.6. The van der Waals surface area contributed by atoms with Crippen molar-refractivity contribution in [1.82, 2.24) is 0 Å². The molecule has 0 fully saturated rings. The molecule has 2 N–H and O–H groups in total. The van der Waals surface area contributed by atoms with Gasteiger partial charge >= 0.3 is 0 Å². The molecule has 2 nitrogen and oxygen atoms in total. The number of rotatable bonds is 0. The summed E-state index contributed by atoms with van der Waals surface area (Å²) in [6.45, 7) is 9.63. The van der Waals surface area contributed by atoms with E-state index in [1.807, 2.05) is 65.0 Å². The van der Waals surface area contributed by atoms with Crippen LogP contribution in [0.2, 0.25) is 0 Å². The highest BCUT2D eigenvalue weighted by Crippen LogP contribution is 2.22. The van der Waals surface area contributed by atoms with Crippen molar-refractivity contribution in [2.75, 3.05) is 0 Å². The lowest BCUT2D eigenvalue weighted by atomic mass is 10.1. The fourth-order valence-corrected chi connectivity index (χ4v) is 1.98. The summed E-state index contributed by atoms with van der Waals surface area (Å²) < 4.78 is 0. The van der Waals surface area contributed by atoms with E-state index >= 15 is 0 Å². The number of phenols is 2. The molecule has 2 aromatic rings. The van der Waals surface area contributed by atoms with E-state index in [1.165, 1.54) is 5.56 Å². The normalized spacial score (nSPS) is 9.10. The predicted octanol–water partition coefficient (Wildman–Crippen LogP) is 6.10. The molecule has 0 atom stereocenters. The maximum Gasteiger partial charge on any atom is 0.121 e. The summed E-state index contributed by atoms with van der Waals surface area (Å²) in [5, 5.41) is 18.5. The Morgan fingerprint density at radius 1 is 0.667 bits per heavy atom. The number of phenolic OH excluding ortho intramolecular Hbond substituents is 2. The monoisotopic (exact) mass is 512 g/mol. The van der Waals surface area contributed by atoms with Gasteiger partial charge in [-0.1, -0.05) is 35.9 Å². The molecule has 116 valence electrons. The number of hydrogen-bond acceptors (Lipinski definition) is 2. The Bertz CT molecular complexity index is 538. The molecule has 0 saturated carbocycles. The van der Waals surface area contributed by atoms with Crippen LogP contribution in [0.3, 0.4) is 0 Å². The van der Waals surface area contributed by atoms with E-state index in [-0.39, 0.29) is 0 Å². The molecule has 0 aliphatic heterocycles.